The maximum atomic E-state index is 12.5. The predicted molar refractivity (Wildman–Crippen MR) is 100 cm³/mol. The molecule has 0 radical (unpaired) electrons. The number of rotatable bonds is 9. The highest BCUT2D eigenvalue weighted by Gasteiger charge is 2.35. The van der Waals surface area contributed by atoms with Gasteiger partial charge in [0.2, 0.25) is 0 Å². The Morgan fingerprint density at radius 3 is 2.68 bits per heavy atom. The summed E-state index contributed by atoms with van der Waals surface area (Å²) in [7, 11) is -3.13. The standard InChI is InChI=1S/C18H26N2O7S/c1-13(2)10-20(14-6-9-28(24,25)12-14)16(21)11-27-17(22)5-7-19-18(23)15-4-3-8-26-15/h3-4,8,13-14H,5-7,9-12H2,1-2H3,(H,19,23)/t14-/m0/s1. The van der Waals surface area contributed by atoms with Crippen LogP contribution in [-0.4, -0.2) is 68.3 Å². The summed E-state index contributed by atoms with van der Waals surface area (Å²) in [5, 5.41) is 2.51. The van der Waals surface area contributed by atoms with Gasteiger partial charge in [0.1, 0.15) is 0 Å². The number of nitrogens with one attached hydrogen (secondary N) is 1. The molecule has 1 atom stereocenters. The van der Waals surface area contributed by atoms with E-state index in [1.807, 2.05) is 13.8 Å². The molecule has 1 aliphatic rings. The van der Waals surface area contributed by atoms with E-state index in [0.717, 1.165) is 0 Å². The van der Waals surface area contributed by atoms with E-state index in [1.165, 1.54) is 17.2 Å². The highest BCUT2D eigenvalue weighted by Crippen LogP contribution is 2.19. The Balaban J connectivity index is 1.77. The summed E-state index contributed by atoms with van der Waals surface area (Å²) < 4.78 is 33.4. The Hall–Kier alpha value is -2.36. The molecule has 1 aromatic rings. The minimum Gasteiger partial charge on any atom is -0.459 e. The van der Waals surface area contributed by atoms with Gasteiger partial charge < -0.3 is 19.4 Å². The van der Waals surface area contributed by atoms with Crippen molar-refractivity contribution in [1.29, 1.82) is 0 Å². The Bertz CT molecular complexity index is 787. The molecule has 156 valence electrons. The van der Waals surface area contributed by atoms with Gasteiger partial charge in [0, 0.05) is 19.1 Å². The number of carbonyl (C=O) groups is 3. The first-order valence-corrected chi connectivity index (χ1v) is 11.0. The highest BCUT2D eigenvalue weighted by atomic mass is 32.2. The molecule has 0 aromatic carbocycles. The number of furan rings is 1. The number of sulfone groups is 1. The minimum atomic E-state index is -3.13. The van der Waals surface area contributed by atoms with Crippen molar-refractivity contribution in [2.45, 2.75) is 32.7 Å². The topological polar surface area (TPSA) is 123 Å². The quantitative estimate of drug-likeness (QED) is 0.587. The molecular formula is C18H26N2O7S. The van der Waals surface area contributed by atoms with Gasteiger partial charge in [0.25, 0.3) is 11.8 Å². The van der Waals surface area contributed by atoms with Gasteiger partial charge in [-0.2, -0.15) is 0 Å². The molecular weight excluding hydrogens is 388 g/mol. The smallest absolute Gasteiger partial charge is 0.308 e. The third-order valence-electron chi connectivity index (χ3n) is 4.25. The monoisotopic (exact) mass is 414 g/mol. The SMILES string of the molecule is CC(C)CN(C(=O)COC(=O)CCNC(=O)c1ccco1)[C@H]1CCS(=O)(=O)C1. The van der Waals surface area contributed by atoms with Crippen LogP contribution in [0.5, 0.6) is 0 Å². The van der Waals surface area contributed by atoms with E-state index in [4.69, 9.17) is 9.15 Å². The molecule has 2 heterocycles. The van der Waals surface area contributed by atoms with Crippen LogP contribution < -0.4 is 5.32 Å². The van der Waals surface area contributed by atoms with Crippen molar-refractivity contribution in [3.8, 4) is 0 Å². The molecule has 1 saturated heterocycles. The molecule has 0 unspecified atom stereocenters. The van der Waals surface area contributed by atoms with Crippen molar-refractivity contribution in [1.82, 2.24) is 10.2 Å². The summed E-state index contributed by atoms with van der Waals surface area (Å²) >= 11 is 0. The fraction of sp³-hybridized carbons (Fsp3) is 0.611. The second-order valence-electron chi connectivity index (χ2n) is 7.14. The van der Waals surface area contributed by atoms with Crippen LogP contribution in [0.1, 0.15) is 37.2 Å². The Morgan fingerprint density at radius 1 is 1.36 bits per heavy atom. The molecule has 1 N–H and O–H groups in total. The third kappa shape index (κ3) is 6.66. The van der Waals surface area contributed by atoms with Crippen molar-refractivity contribution in [2.75, 3.05) is 31.2 Å². The van der Waals surface area contributed by atoms with Crippen LogP contribution in [0, 0.1) is 5.92 Å². The zero-order valence-corrected chi connectivity index (χ0v) is 16.9. The van der Waals surface area contributed by atoms with Crippen LogP contribution in [0.25, 0.3) is 0 Å². The van der Waals surface area contributed by atoms with E-state index in [0.29, 0.717) is 13.0 Å². The Morgan fingerprint density at radius 2 is 2.11 bits per heavy atom. The highest BCUT2D eigenvalue weighted by molar-refractivity contribution is 7.91. The normalized spacial score (nSPS) is 18.0. The minimum absolute atomic E-state index is 0.0448. The van der Waals surface area contributed by atoms with Crippen molar-refractivity contribution in [3.63, 3.8) is 0 Å². The number of hydrogen-bond acceptors (Lipinski definition) is 7. The number of carbonyl (C=O) groups excluding carboxylic acids is 3. The molecule has 2 rings (SSSR count). The Labute approximate surface area is 164 Å². The summed E-state index contributed by atoms with van der Waals surface area (Å²) in [5.41, 5.74) is 0. The fourth-order valence-electron chi connectivity index (χ4n) is 2.94. The molecule has 1 aromatic heterocycles. The van der Waals surface area contributed by atoms with Gasteiger partial charge in [-0.15, -0.1) is 0 Å². The maximum Gasteiger partial charge on any atom is 0.308 e. The summed E-state index contributed by atoms with van der Waals surface area (Å²) in [6.45, 7) is 3.85. The van der Waals surface area contributed by atoms with Gasteiger partial charge in [0.05, 0.1) is 24.2 Å². The third-order valence-corrected chi connectivity index (χ3v) is 6.00. The van der Waals surface area contributed by atoms with Crippen molar-refractivity contribution >= 4 is 27.6 Å². The fourth-order valence-corrected chi connectivity index (χ4v) is 4.67. The van der Waals surface area contributed by atoms with E-state index in [2.05, 4.69) is 5.32 Å². The first-order valence-electron chi connectivity index (χ1n) is 9.15. The second-order valence-corrected chi connectivity index (χ2v) is 9.37. The molecule has 2 amide bonds. The molecule has 0 aliphatic carbocycles. The van der Waals surface area contributed by atoms with E-state index in [1.54, 1.807) is 6.07 Å². The summed E-state index contributed by atoms with van der Waals surface area (Å²) in [4.78, 5) is 37.5. The summed E-state index contributed by atoms with van der Waals surface area (Å²) in [6.07, 6.45) is 1.67. The first kappa shape index (κ1) is 21.9. The van der Waals surface area contributed by atoms with Gasteiger partial charge in [-0.05, 0) is 24.5 Å². The zero-order chi connectivity index (χ0) is 20.7. The summed E-state index contributed by atoms with van der Waals surface area (Å²) in [6, 6.07) is 2.69. The zero-order valence-electron chi connectivity index (χ0n) is 16.0. The number of amides is 2. The number of nitrogens with zero attached hydrogens (tertiary/aromatic N) is 1. The number of hydrogen-bond donors (Lipinski definition) is 1. The first-order chi connectivity index (χ1) is 13.2. The lowest BCUT2D eigenvalue weighted by atomic mass is 10.1. The predicted octanol–water partition coefficient (Wildman–Crippen LogP) is 0.614. The maximum absolute atomic E-state index is 12.5. The lowest BCUT2D eigenvalue weighted by Crippen LogP contribution is -2.45. The molecule has 1 aliphatic heterocycles. The lowest BCUT2D eigenvalue weighted by Gasteiger charge is -2.29. The van der Waals surface area contributed by atoms with E-state index < -0.39 is 34.2 Å². The molecule has 0 spiro atoms. The molecule has 9 nitrogen and oxygen atoms in total. The van der Waals surface area contributed by atoms with Crippen molar-refractivity contribution in [3.05, 3.63) is 24.2 Å². The largest absolute Gasteiger partial charge is 0.459 e. The van der Waals surface area contributed by atoms with Crippen LogP contribution >= 0.6 is 0 Å². The lowest BCUT2D eigenvalue weighted by molar-refractivity contribution is -0.153. The van der Waals surface area contributed by atoms with Gasteiger partial charge >= 0.3 is 5.97 Å². The van der Waals surface area contributed by atoms with Crippen LogP contribution in [0.2, 0.25) is 0 Å². The average molecular weight is 414 g/mol. The average Bonchev–Trinajstić information content (AvgIpc) is 3.27. The van der Waals surface area contributed by atoms with Gasteiger partial charge in [-0.3, -0.25) is 14.4 Å². The van der Waals surface area contributed by atoms with Gasteiger partial charge in [-0.25, -0.2) is 8.42 Å². The van der Waals surface area contributed by atoms with Gasteiger partial charge in [0.15, 0.2) is 22.2 Å². The van der Waals surface area contributed by atoms with Gasteiger partial charge in [-0.1, -0.05) is 13.8 Å². The van der Waals surface area contributed by atoms with E-state index in [9.17, 15) is 22.8 Å². The van der Waals surface area contributed by atoms with Crippen LogP contribution in [0.4, 0.5) is 0 Å². The molecule has 0 bridgehead atoms. The second kappa shape index (κ2) is 9.72. The van der Waals surface area contributed by atoms with Crippen LogP contribution in [0.15, 0.2) is 22.8 Å². The number of esters is 1. The number of ether oxygens (including phenoxy) is 1. The molecule has 10 heteroatoms. The van der Waals surface area contributed by atoms with Crippen LogP contribution in [-0.2, 0) is 24.2 Å². The van der Waals surface area contributed by atoms with Crippen molar-refractivity contribution in [2.24, 2.45) is 5.92 Å². The molecule has 1 fully saturated rings. The van der Waals surface area contributed by atoms with Crippen molar-refractivity contribution < 1.29 is 32.0 Å². The van der Waals surface area contributed by atoms with E-state index >= 15 is 0 Å². The Kier molecular flexibility index (Phi) is 7.61. The summed E-state index contributed by atoms with van der Waals surface area (Å²) in [5.74, 6) is -1.19. The van der Waals surface area contributed by atoms with E-state index in [-0.39, 0.29) is 42.2 Å². The molecule has 0 saturated carbocycles. The van der Waals surface area contributed by atoms with Crippen LogP contribution in [0.3, 0.4) is 0 Å². The molecule has 28 heavy (non-hydrogen) atoms.